The molecule has 0 bridgehead atoms. The second kappa shape index (κ2) is 29.6. The van der Waals surface area contributed by atoms with E-state index >= 15 is 0 Å². The van der Waals surface area contributed by atoms with Crippen molar-refractivity contribution in [1.29, 1.82) is 0 Å². The van der Waals surface area contributed by atoms with Crippen LogP contribution in [-0.4, -0.2) is 83.3 Å². The monoisotopic (exact) mass is 1650 g/mol. The summed E-state index contributed by atoms with van der Waals surface area (Å²) in [5.41, 5.74) is 21.0. The number of fused-ring (bicyclic) bond motifs is 11. The second-order valence-electron chi connectivity index (χ2n) is 31.2. The number of pyridine rings is 6. The Kier molecular flexibility index (Phi) is 16.8. The first kappa shape index (κ1) is 72.7. The third-order valence-corrected chi connectivity index (χ3v) is 23.4. The molecule has 0 unspecified atom stereocenters. The molecular weight excluding hydrogens is 1590 g/mol. The molecule has 21 nitrogen and oxygen atoms in total. The van der Waals surface area contributed by atoms with Crippen molar-refractivity contribution < 1.29 is 14.2 Å². The lowest BCUT2D eigenvalue weighted by Crippen LogP contribution is -2.10. The van der Waals surface area contributed by atoms with Crippen molar-refractivity contribution in [3.8, 4) is 171 Å². The first-order chi connectivity index (χ1) is 63.3. The number of nitrogens with zero attached hydrogens (tertiary/aromatic N) is 17. The van der Waals surface area contributed by atoms with E-state index in [4.69, 9.17) is 74.0 Å². The van der Waals surface area contributed by atoms with Crippen molar-refractivity contribution in [1.82, 2.24) is 83.3 Å². The SMILES string of the molecule is O=c1c2cc(-c3ccccc3)cnc2n2c3ccc(-c4ccccc4)nc3c3cc(-c4nc(-c5ccccc5)nc(-c5ccccc5)n4)cc1c32.c1ccc(-c2nc(-c3ccccc3)nc(-c3cc4c5c(c3)c3cncc6c3n5-c3c(cncc3O4)O6)n2)cc1.c1ccc(-c2nc(-c3ccccc3)nc(-c3cc4c5c(c3)c3ncccc3n5-c3ccccc3O4)n2)cc1. The van der Waals surface area contributed by atoms with Gasteiger partial charge in [-0.05, 0) is 84.4 Å². The summed E-state index contributed by atoms with van der Waals surface area (Å²) in [5.74, 6) is 9.34. The molecule has 598 valence electrons. The van der Waals surface area contributed by atoms with Crippen LogP contribution in [0.4, 0.5) is 0 Å². The Bertz CT molecular complexity index is 8500. The summed E-state index contributed by atoms with van der Waals surface area (Å²) >= 11 is 0. The molecule has 0 aliphatic carbocycles. The second-order valence-corrected chi connectivity index (χ2v) is 31.2. The lowest BCUT2D eigenvalue weighted by molar-refractivity contribution is 0.439. The fourth-order valence-electron chi connectivity index (χ4n) is 17.6. The number of hydrogen-bond acceptors (Lipinski definition) is 18. The van der Waals surface area contributed by atoms with E-state index in [1.807, 2.05) is 304 Å². The molecule has 21 heteroatoms. The third-order valence-electron chi connectivity index (χ3n) is 23.4. The van der Waals surface area contributed by atoms with Crippen molar-refractivity contribution in [2.24, 2.45) is 0 Å². The predicted octanol–water partition coefficient (Wildman–Crippen LogP) is 23.9. The number of para-hydroxylation sites is 2. The van der Waals surface area contributed by atoms with Crippen LogP contribution in [0, 0.1) is 0 Å². The van der Waals surface area contributed by atoms with Gasteiger partial charge in [0, 0.05) is 107 Å². The standard InChI is InChI=1S/C44H26N6O.C32H19N5O.C31H16N6O2/c51-40-34-24-31(43-48-41(29-17-9-3-10-18-29)47-42(49-43)30-19-11-4-12-20-30)23-33-38-37(22-21-36(46-38)28-15-7-2-8-16-28)50(39(33)34)44-35(40)25-32(26-45-44)27-13-5-1-6-14-27;1-3-10-20(11-4-1)30-34-31(21-12-5-2-6-13-21)36-32(35-30)22-18-23-28-25(15-9-17-33-28)37-24-14-7-8-16-26(24)38-27(19-22)29(23)37;1-3-7-17(8-4-1)29-34-30(18-9-5-2-6-10-18)36-31(35-29)19-11-20-21-13-32-14-23-27(21)37-26(20)22(12-19)38-24-15-33-16-25(39-23)28(24)37/h1-26H;1-19H;1-16H. The maximum atomic E-state index is 14.7. The van der Waals surface area contributed by atoms with Gasteiger partial charge in [0.2, 0.25) is 0 Å². The number of rotatable bonds is 11. The summed E-state index contributed by atoms with van der Waals surface area (Å²) in [7, 11) is 0. The average Bonchev–Trinajstić information content (AvgIpc) is 1.53. The van der Waals surface area contributed by atoms with Crippen LogP contribution in [0.5, 0.6) is 34.5 Å². The summed E-state index contributed by atoms with van der Waals surface area (Å²) < 4.78 is 25.6. The van der Waals surface area contributed by atoms with Gasteiger partial charge in [-0.2, -0.15) is 0 Å². The zero-order valence-corrected chi connectivity index (χ0v) is 67.5. The van der Waals surface area contributed by atoms with Crippen LogP contribution in [-0.2, 0) is 0 Å². The fourth-order valence-corrected chi connectivity index (χ4v) is 17.6. The molecule has 0 atom stereocenters. The maximum Gasteiger partial charge on any atom is 0.198 e. The lowest BCUT2D eigenvalue weighted by Gasteiger charge is -2.26. The molecule has 0 fully saturated rings. The van der Waals surface area contributed by atoms with Crippen LogP contribution < -0.4 is 19.6 Å². The van der Waals surface area contributed by atoms with E-state index in [1.165, 1.54) is 0 Å². The Labute approximate surface area is 727 Å². The first-order valence-corrected chi connectivity index (χ1v) is 41.6. The van der Waals surface area contributed by atoms with Gasteiger partial charge >= 0.3 is 0 Å². The number of benzene rings is 12. The van der Waals surface area contributed by atoms with E-state index in [0.717, 1.165) is 155 Å². The van der Waals surface area contributed by atoms with Crippen LogP contribution in [0.2, 0.25) is 0 Å². The molecule has 3 aliphatic heterocycles. The number of aromatic nitrogens is 17. The van der Waals surface area contributed by atoms with Crippen molar-refractivity contribution >= 4 is 82.1 Å². The highest BCUT2D eigenvalue weighted by molar-refractivity contribution is 6.18. The molecular formula is C107H61N17O4. The minimum absolute atomic E-state index is 0.110. The smallest absolute Gasteiger partial charge is 0.198 e. The summed E-state index contributed by atoms with van der Waals surface area (Å²) in [5, 5.41) is 4.83. The molecule has 0 N–H and O–H groups in total. The van der Waals surface area contributed by atoms with Crippen molar-refractivity contribution in [2.75, 3.05) is 0 Å². The molecule has 0 saturated heterocycles. The molecule has 3 aliphatic rings. The van der Waals surface area contributed by atoms with E-state index in [9.17, 15) is 4.79 Å². The number of hydrogen-bond donors (Lipinski definition) is 0. The summed E-state index contributed by atoms with van der Waals surface area (Å²) in [6, 6.07) is 110. The zero-order chi connectivity index (χ0) is 84.4. The van der Waals surface area contributed by atoms with E-state index < -0.39 is 0 Å². The summed E-state index contributed by atoms with van der Waals surface area (Å²) in [4.78, 5) is 82.6. The van der Waals surface area contributed by atoms with Gasteiger partial charge < -0.3 is 18.8 Å². The topological polar surface area (TPSA) is 239 Å². The minimum atomic E-state index is -0.110. The third kappa shape index (κ3) is 12.2. The Hall–Kier alpha value is -18.1. The van der Waals surface area contributed by atoms with Gasteiger partial charge in [-0.1, -0.05) is 255 Å². The van der Waals surface area contributed by atoms with Gasteiger partial charge in [-0.3, -0.25) is 28.7 Å². The molecule has 0 spiro atoms. The highest BCUT2D eigenvalue weighted by Gasteiger charge is 2.35. The van der Waals surface area contributed by atoms with Gasteiger partial charge in [0.1, 0.15) is 16.9 Å². The first-order valence-electron chi connectivity index (χ1n) is 41.6. The van der Waals surface area contributed by atoms with E-state index in [2.05, 4.69) is 72.0 Å². The molecule has 12 aromatic heterocycles. The predicted molar refractivity (Wildman–Crippen MR) is 498 cm³/mol. The van der Waals surface area contributed by atoms with Gasteiger partial charge in [0.15, 0.2) is 92.3 Å². The lowest BCUT2D eigenvalue weighted by atomic mass is 10.0. The van der Waals surface area contributed by atoms with E-state index in [-0.39, 0.29) is 5.43 Å². The van der Waals surface area contributed by atoms with Crippen LogP contribution in [0.3, 0.4) is 0 Å². The molecule has 0 saturated carbocycles. The van der Waals surface area contributed by atoms with Crippen LogP contribution in [0.1, 0.15) is 0 Å². The Morgan fingerprint density at radius 2 is 0.625 bits per heavy atom. The van der Waals surface area contributed by atoms with Gasteiger partial charge in [-0.25, -0.2) is 54.8 Å². The van der Waals surface area contributed by atoms with Crippen molar-refractivity contribution in [3.05, 3.63) is 381 Å². The average molecular weight is 1650 g/mol. The van der Waals surface area contributed by atoms with Crippen molar-refractivity contribution in [2.45, 2.75) is 0 Å². The summed E-state index contributed by atoms with van der Waals surface area (Å²) in [6.07, 6.45) is 10.7. The zero-order valence-electron chi connectivity index (χ0n) is 67.5. The Morgan fingerprint density at radius 3 is 1.14 bits per heavy atom. The molecule has 27 rings (SSSR count). The quantitative estimate of drug-likeness (QED) is 0.109. The molecule has 0 radical (unpaired) electrons. The molecule has 24 aromatic rings. The normalized spacial score (nSPS) is 12.0. The molecule has 12 aromatic carbocycles. The van der Waals surface area contributed by atoms with Gasteiger partial charge in [0.25, 0.3) is 0 Å². The van der Waals surface area contributed by atoms with Crippen LogP contribution >= 0.6 is 0 Å². The van der Waals surface area contributed by atoms with Crippen LogP contribution in [0.15, 0.2) is 376 Å². The van der Waals surface area contributed by atoms with Gasteiger partial charge in [-0.15, -0.1) is 0 Å². The molecule has 128 heavy (non-hydrogen) atoms. The Balaban J connectivity index is 0.000000106. The van der Waals surface area contributed by atoms with Crippen molar-refractivity contribution in [3.63, 3.8) is 0 Å². The Morgan fingerprint density at radius 1 is 0.234 bits per heavy atom. The molecule has 0 amide bonds. The largest absolute Gasteiger partial charge is 0.453 e. The highest BCUT2D eigenvalue weighted by Crippen LogP contribution is 2.55. The number of ether oxygens (including phenoxy) is 3. The maximum absolute atomic E-state index is 14.7. The highest BCUT2D eigenvalue weighted by atomic mass is 16.5. The van der Waals surface area contributed by atoms with Gasteiger partial charge in [0.05, 0.1) is 74.0 Å². The van der Waals surface area contributed by atoms with E-state index in [0.29, 0.717) is 97.4 Å². The minimum Gasteiger partial charge on any atom is -0.453 e. The fraction of sp³-hybridized carbons (Fsp3) is 0. The van der Waals surface area contributed by atoms with Crippen LogP contribution in [0.25, 0.3) is 218 Å². The summed E-state index contributed by atoms with van der Waals surface area (Å²) in [6.45, 7) is 0. The molecule has 15 heterocycles. The van der Waals surface area contributed by atoms with E-state index in [1.54, 1.807) is 18.6 Å².